The van der Waals surface area contributed by atoms with Gasteiger partial charge in [0.1, 0.15) is 18.2 Å². The molecule has 2 heterocycles. The Bertz CT molecular complexity index is 1260. The van der Waals surface area contributed by atoms with Gasteiger partial charge in [-0.25, -0.2) is 4.39 Å². The molecule has 3 aromatic carbocycles. The van der Waals surface area contributed by atoms with Gasteiger partial charge in [0.25, 0.3) is 0 Å². The normalized spacial score (nSPS) is 12.4. The topological polar surface area (TPSA) is 54.7 Å². The molecule has 0 unspecified atom stereocenters. The number of benzene rings is 3. The summed E-state index contributed by atoms with van der Waals surface area (Å²) in [4.78, 5) is 0. The van der Waals surface area contributed by atoms with E-state index in [1.165, 1.54) is 12.1 Å². The first-order chi connectivity index (χ1) is 15.1. The summed E-state index contributed by atoms with van der Waals surface area (Å²) in [5, 5.41) is 5.97. The minimum absolute atomic E-state index is 0.175. The summed E-state index contributed by atoms with van der Waals surface area (Å²) in [6.07, 6.45) is 0. The van der Waals surface area contributed by atoms with Crippen LogP contribution in [0.2, 0.25) is 5.02 Å². The fourth-order valence-electron chi connectivity index (χ4n) is 3.46. The Balaban J connectivity index is 1.47. The monoisotopic (exact) mass is 440 g/mol. The lowest BCUT2D eigenvalue weighted by molar-refractivity contribution is 0.174. The number of aromatic nitrogens is 2. The van der Waals surface area contributed by atoms with E-state index in [1.54, 1.807) is 25.3 Å². The Morgan fingerprint density at radius 1 is 1.06 bits per heavy atom. The fourth-order valence-corrected chi connectivity index (χ4v) is 3.67. The van der Waals surface area contributed by atoms with Gasteiger partial charge in [-0.05, 0) is 42.0 Å². The molecule has 158 valence electrons. The summed E-state index contributed by atoms with van der Waals surface area (Å²) in [6, 6.07) is 15.5. The van der Waals surface area contributed by atoms with Gasteiger partial charge in [-0.15, -0.1) is 5.10 Å². The van der Waals surface area contributed by atoms with E-state index in [0.29, 0.717) is 34.7 Å². The number of hydrogen-bond acceptors (Lipinski definition) is 5. The molecule has 0 aliphatic carbocycles. The highest BCUT2D eigenvalue weighted by molar-refractivity contribution is 6.31. The first-order valence-corrected chi connectivity index (χ1v) is 9.98. The summed E-state index contributed by atoms with van der Waals surface area (Å²) >= 11 is 6.37. The zero-order valence-electron chi connectivity index (χ0n) is 16.6. The summed E-state index contributed by atoms with van der Waals surface area (Å²) in [6.45, 7) is 0.848. The highest BCUT2D eigenvalue weighted by atomic mass is 35.5. The maximum absolute atomic E-state index is 13.3. The minimum atomic E-state index is -0.275. The van der Waals surface area contributed by atoms with Crippen LogP contribution in [0.25, 0.3) is 10.9 Å². The molecule has 0 radical (unpaired) electrons. The predicted molar refractivity (Wildman–Crippen MR) is 114 cm³/mol. The van der Waals surface area contributed by atoms with Gasteiger partial charge < -0.3 is 18.9 Å². The molecule has 5 rings (SSSR count). The van der Waals surface area contributed by atoms with Crippen LogP contribution in [-0.4, -0.2) is 23.7 Å². The third-order valence-corrected chi connectivity index (χ3v) is 5.43. The van der Waals surface area contributed by atoms with Crippen LogP contribution < -0.4 is 18.9 Å². The quantitative estimate of drug-likeness (QED) is 0.413. The van der Waals surface area contributed by atoms with Crippen molar-refractivity contribution in [3.05, 3.63) is 76.6 Å². The smallest absolute Gasteiger partial charge is 0.241 e. The first-order valence-electron chi connectivity index (χ1n) is 9.60. The second kappa shape index (κ2) is 8.00. The molecular formula is C23H18ClFN2O4. The van der Waals surface area contributed by atoms with Crippen LogP contribution in [0, 0.1) is 5.82 Å². The van der Waals surface area contributed by atoms with Crippen LogP contribution in [0.5, 0.6) is 23.1 Å². The van der Waals surface area contributed by atoms with Crippen molar-refractivity contribution in [1.29, 1.82) is 0 Å². The zero-order chi connectivity index (χ0) is 21.4. The lowest BCUT2D eigenvalue weighted by atomic mass is 10.2. The SMILES string of the molecule is COc1ccc2c(c1)c(OCc1cc3c(cc1Cl)OCO3)nn2Cc1ccc(F)cc1. The average Bonchev–Trinajstić information content (AvgIpc) is 3.37. The van der Waals surface area contributed by atoms with Gasteiger partial charge in [-0.1, -0.05) is 23.7 Å². The second-order valence-electron chi connectivity index (χ2n) is 7.06. The van der Waals surface area contributed by atoms with Crippen molar-refractivity contribution in [2.24, 2.45) is 0 Å². The maximum Gasteiger partial charge on any atom is 0.241 e. The van der Waals surface area contributed by atoms with Crippen LogP contribution in [0.3, 0.4) is 0 Å². The molecule has 0 amide bonds. The molecule has 31 heavy (non-hydrogen) atoms. The van der Waals surface area contributed by atoms with Gasteiger partial charge in [0, 0.05) is 11.6 Å². The van der Waals surface area contributed by atoms with Crippen molar-refractivity contribution in [2.75, 3.05) is 13.9 Å². The number of ether oxygens (including phenoxy) is 4. The predicted octanol–water partition coefficient (Wildman–Crippen LogP) is 5.19. The van der Waals surface area contributed by atoms with E-state index in [4.69, 9.17) is 30.5 Å². The van der Waals surface area contributed by atoms with Crippen molar-refractivity contribution in [3.8, 4) is 23.1 Å². The summed E-state index contributed by atoms with van der Waals surface area (Å²) in [5.41, 5.74) is 2.55. The molecule has 0 fully saturated rings. The molecule has 0 saturated heterocycles. The number of methoxy groups -OCH3 is 1. The number of nitrogens with zero attached hydrogens (tertiary/aromatic N) is 2. The molecule has 1 aliphatic heterocycles. The maximum atomic E-state index is 13.3. The van der Waals surface area contributed by atoms with Crippen molar-refractivity contribution in [3.63, 3.8) is 0 Å². The van der Waals surface area contributed by atoms with E-state index in [2.05, 4.69) is 5.10 Å². The van der Waals surface area contributed by atoms with Crippen molar-refractivity contribution >= 4 is 22.5 Å². The van der Waals surface area contributed by atoms with Crippen molar-refractivity contribution in [1.82, 2.24) is 9.78 Å². The van der Waals surface area contributed by atoms with Crippen LogP contribution >= 0.6 is 11.6 Å². The van der Waals surface area contributed by atoms with E-state index in [0.717, 1.165) is 22.0 Å². The highest BCUT2D eigenvalue weighted by Crippen LogP contribution is 2.37. The van der Waals surface area contributed by atoms with Gasteiger partial charge >= 0.3 is 0 Å². The number of hydrogen-bond donors (Lipinski definition) is 0. The molecule has 0 N–H and O–H groups in total. The van der Waals surface area contributed by atoms with Gasteiger partial charge in [0.2, 0.25) is 12.7 Å². The van der Waals surface area contributed by atoms with Crippen LogP contribution in [0.15, 0.2) is 54.6 Å². The molecule has 1 aromatic heterocycles. The van der Waals surface area contributed by atoms with Gasteiger partial charge in [0.15, 0.2) is 11.5 Å². The Morgan fingerprint density at radius 2 is 1.84 bits per heavy atom. The van der Waals surface area contributed by atoms with Crippen LogP contribution in [0.1, 0.15) is 11.1 Å². The standard InChI is InChI=1S/C23H18ClFN2O4/c1-28-17-6-7-20-18(9-17)23(26-27(20)11-14-2-4-16(25)5-3-14)29-12-15-8-21-22(10-19(15)24)31-13-30-21/h2-10H,11-13H2,1H3. The first kappa shape index (κ1) is 19.5. The molecule has 0 saturated carbocycles. The lowest BCUT2D eigenvalue weighted by Gasteiger charge is -2.07. The molecule has 0 spiro atoms. The van der Waals surface area contributed by atoms with Gasteiger partial charge in [-0.2, -0.15) is 0 Å². The van der Waals surface area contributed by atoms with Gasteiger partial charge in [0.05, 0.1) is 29.6 Å². The molecule has 1 aliphatic rings. The Morgan fingerprint density at radius 3 is 2.61 bits per heavy atom. The molecule has 6 nitrogen and oxygen atoms in total. The number of rotatable bonds is 6. The largest absolute Gasteiger partial charge is 0.497 e. The minimum Gasteiger partial charge on any atom is -0.497 e. The summed E-state index contributed by atoms with van der Waals surface area (Å²) in [5.74, 6) is 2.12. The van der Waals surface area contributed by atoms with E-state index in [9.17, 15) is 4.39 Å². The summed E-state index contributed by atoms with van der Waals surface area (Å²) in [7, 11) is 1.61. The number of fused-ring (bicyclic) bond motifs is 2. The second-order valence-corrected chi connectivity index (χ2v) is 7.47. The Kier molecular flexibility index (Phi) is 5.03. The molecule has 8 heteroatoms. The Labute approximate surface area is 182 Å². The van der Waals surface area contributed by atoms with E-state index in [1.807, 2.05) is 28.9 Å². The van der Waals surface area contributed by atoms with Crippen LogP contribution in [0.4, 0.5) is 4.39 Å². The van der Waals surface area contributed by atoms with Crippen molar-refractivity contribution in [2.45, 2.75) is 13.2 Å². The van der Waals surface area contributed by atoms with Crippen molar-refractivity contribution < 1.29 is 23.3 Å². The van der Waals surface area contributed by atoms with E-state index < -0.39 is 0 Å². The van der Waals surface area contributed by atoms with Gasteiger partial charge in [-0.3, -0.25) is 4.68 Å². The summed E-state index contributed by atoms with van der Waals surface area (Å²) < 4.78 is 37.3. The molecule has 0 bridgehead atoms. The number of halogens is 2. The molecular weight excluding hydrogens is 423 g/mol. The lowest BCUT2D eigenvalue weighted by Crippen LogP contribution is -2.03. The highest BCUT2D eigenvalue weighted by Gasteiger charge is 2.18. The molecule has 4 aromatic rings. The van der Waals surface area contributed by atoms with Crippen LogP contribution in [-0.2, 0) is 13.2 Å². The fraction of sp³-hybridized carbons (Fsp3) is 0.174. The van der Waals surface area contributed by atoms with E-state index in [-0.39, 0.29) is 19.2 Å². The zero-order valence-corrected chi connectivity index (χ0v) is 17.4. The average molecular weight is 441 g/mol. The third-order valence-electron chi connectivity index (χ3n) is 5.08. The third kappa shape index (κ3) is 3.84. The van der Waals surface area contributed by atoms with E-state index >= 15 is 0 Å². The Hall–Kier alpha value is -3.45. The molecule has 0 atom stereocenters.